The molecule has 0 radical (unpaired) electrons. The van der Waals surface area contributed by atoms with Gasteiger partial charge in [-0.1, -0.05) is 42.5 Å². The van der Waals surface area contributed by atoms with Crippen LogP contribution in [0.3, 0.4) is 0 Å². The standard InChI is InChI=1S/C11H10O2S/c12-14(13,11-8-4-5-9-11)10-6-2-1-3-7-10/h1-9,11H. The second-order valence-corrected chi connectivity index (χ2v) is 5.20. The summed E-state index contributed by atoms with van der Waals surface area (Å²) in [6, 6.07) is 8.51. The fraction of sp³-hybridized carbons (Fsp3) is 0.0909. The van der Waals surface area contributed by atoms with Gasteiger partial charge in [-0.2, -0.15) is 0 Å². The van der Waals surface area contributed by atoms with Crippen molar-refractivity contribution in [3.63, 3.8) is 0 Å². The Labute approximate surface area is 83.5 Å². The van der Waals surface area contributed by atoms with Gasteiger partial charge in [0.15, 0.2) is 9.84 Å². The highest BCUT2D eigenvalue weighted by Gasteiger charge is 2.23. The zero-order chi connectivity index (χ0) is 10.0. The van der Waals surface area contributed by atoms with Gasteiger partial charge in [0.2, 0.25) is 0 Å². The molecule has 0 bridgehead atoms. The van der Waals surface area contributed by atoms with Gasteiger partial charge in [0, 0.05) is 0 Å². The molecular weight excluding hydrogens is 196 g/mol. The van der Waals surface area contributed by atoms with Gasteiger partial charge in [0.05, 0.1) is 4.90 Å². The molecule has 72 valence electrons. The summed E-state index contributed by atoms with van der Waals surface area (Å²) in [5, 5.41) is -0.495. The van der Waals surface area contributed by atoms with Crippen LogP contribution in [0.2, 0.25) is 0 Å². The van der Waals surface area contributed by atoms with Crippen molar-refractivity contribution in [1.82, 2.24) is 0 Å². The van der Waals surface area contributed by atoms with Crippen LogP contribution in [0.5, 0.6) is 0 Å². The van der Waals surface area contributed by atoms with E-state index in [-0.39, 0.29) is 0 Å². The van der Waals surface area contributed by atoms with Crippen molar-refractivity contribution in [2.75, 3.05) is 0 Å². The molecule has 2 rings (SSSR count). The molecule has 0 N–H and O–H groups in total. The zero-order valence-electron chi connectivity index (χ0n) is 7.50. The lowest BCUT2D eigenvalue weighted by Gasteiger charge is -2.07. The van der Waals surface area contributed by atoms with E-state index in [1.165, 1.54) is 0 Å². The minimum absolute atomic E-state index is 0.376. The van der Waals surface area contributed by atoms with Crippen LogP contribution in [0.4, 0.5) is 0 Å². The van der Waals surface area contributed by atoms with Crippen molar-refractivity contribution in [2.24, 2.45) is 0 Å². The third kappa shape index (κ3) is 1.51. The second-order valence-electron chi connectivity index (χ2n) is 3.09. The average Bonchev–Trinajstić information content (AvgIpc) is 2.72. The van der Waals surface area contributed by atoms with Crippen LogP contribution in [0.25, 0.3) is 0 Å². The quantitative estimate of drug-likeness (QED) is 0.741. The number of allylic oxidation sites excluding steroid dienone is 2. The van der Waals surface area contributed by atoms with Crippen LogP contribution >= 0.6 is 0 Å². The Kier molecular flexibility index (Phi) is 2.25. The van der Waals surface area contributed by atoms with Crippen LogP contribution in [0, 0.1) is 0 Å². The van der Waals surface area contributed by atoms with Crippen molar-refractivity contribution in [3.05, 3.63) is 54.6 Å². The first-order valence-corrected chi connectivity index (χ1v) is 5.90. The first kappa shape index (κ1) is 9.21. The van der Waals surface area contributed by atoms with Crippen molar-refractivity contribution < 1.29 is 8.42 Å². The molecule has 1 aromatic carbocycles. The van der Waals surface area contributed by atoms with E-state index in [2.05, 4.69) is 0 Å². The molecule has 2 nitrogen and oxygen atoms in total. The molecule has 0 saturated carbocycles. The summed E-state index contributed by atoms with van der Waals surface area (Å²) < 4.78 is 23.9. The van der Waals surface area contributed by atoms with Gasteiger partial charge < -0.3 is 0 Å². The Morgan fingerprint density at radius 2 is 1.50 bits per heavy atom. The first-order valence-electron chi connectivity index (χ1n) is 4.35. The summed E-state index contributed by atoms with van der Waals surface area (Å²) in [6.45, 7) is 0. The number of sulfone groups is 1. The Hall–Kier alpha value is -1.35. The molecule has 0 amide bonds. The van der Waals surface area contributed by atoms with Gasteiger partial charge in [-0.05, 0) is 12.1 Å². The summed E-state index contributed by atoms with van der Waals surface area (Å²) in [7, 11) is -3.21. The topological polar surface area (TPSA) is 34.1 Å². The van der Waals surface area contributed by atoms with Gasteiger partial charge in [0.1, 0.15) is 5.25 Å². The highest BCUT2D eigenvalue weighted by atomic mass is 32.2. The van der Waals surface area contributed by atoms with Crippen LogP contribution in [-0.2, 0) is 9.84 Å². The van der Waals surface area contributed by atoms with Crippen LogP contribution in [-0.4, -0.2) is 13.7 Å². The Morgan fingerprint density at radius 3 is 2.07 bits per heavy atom. The highest BCUT2D eigenvalue weighted by molar-refractivity contribution is 7.92. The van der Waals surface area contributed by atoms with E-state index in [1.807, 2.05) is 0 Å². The summed E-state index contributed by atoms with van der Waals surface area (Å²) in [5.74, 6) is 0. The molecule has 1 aliphatic carbocycles. The Bertz CT molecular complexity index is 457. The lowest BCUT2D eigenvalue weighted by Crippen LogP contribution is -2.15. The minimum Gasteiger partial charge on any atom is -0.223 e. The molecule has 0 aromatic heterocycles. The molecule has 0 heterocycles. The smallest absolute Gasteiger partial charge is 0.188 e. The van der Waals surface area contributed by atoms with Gasteiger partial charge in [-0.25, -0.2) is 8.42 Å². The van der Waals surface area contributed by atoms with Gasteiger partial charge >= 0.3 is 0 Å². The molecule has 0 unspecified atom stereocenters. The lowest BCUT2D eigenvalue weighted by molar-refractivity contribution is 0.594. The van der Waals surface area contributed by atoms with E-state index in [9.17, 15) is 8.42 Å². The average molecular weight is 206 g/mol. The summed E-state index contributed by atoms with van der Waals surface area (Å²) in [4.78, 5) is 0.376. The maximum Gasteiger partial charge on any atom is 0.188 e. The number of hydrogen-bond donors (Lipinski definition) is 0. The van der Waals surface area contributed by atoms with E-state index < -0.39 is 15.1 Å². The lowest BCUT2D eigenvalue weighted by atomic mass is 10.4. The summed E-state index contributed by atoms with van der Waals surface area (Å²) in [6.07, 6.45) is 6.88. The van der Waals surface area contributed by atoms with Crippen molar-refractivity contribution in [1.29, 1.82) is 0 Å². The second kappa shape index (κ2) is 3.42. The molecular formula is C11H10O2S. The van der Waals surface area contributed by atoms with Crippen LogP contribution in [0.1, 0.15) is 0 Å². The SMILES string of the molecule is O=S(=O)(c1ccccc1)C1C=CC=C1. The predicted octanol–water partition coefficient (Wildman–Crippen LogP) is 1.95. The largest absolute Gasteiger partial charge is 0.223 e. The summed E-state index contributed by atoms with van der Waals surface area (Å²) in [5.41, 5.74) is 0. The van der Waals surface area contributed by atoms with E-state index >= 15 is 0 Å². The predicted molar refractivity (Wildman–Crippen MR) is 55.7 cm³/mol. The highest BCUT2D eigenvalue weighted by Crippen LogP contribution is 2.19. The molecule has 14 heavy (non-hydrogen) atoms. The Balaban J connectivity index is 2.43. The Morgan fingerprint density at radius 1 is 0.929 bits per heavy atom. The van der Waals surface area contributed by atoms with Crippen LogP contribution in [0.15, 0.2) is 59.5 Å². The van der Waals surface area contributed by atoms with E-state index in [0.29, 0.717) is 4.90 Å². The maximum atomic E-state index is 11.9. The van der Waals surface area contributed by atoms with E-state index in [0.717, 1.165) is 0 Å². The monoisotopic (exact) mass is 206 g/mol. The molecule has 1 aromatic rings. The summed E-state index contributed by atoms with van der Waals surface area (Å²) >= 11 is 0. The maximum absolute atomic E-state index is 11.9. The van der Waals surface area contributed by atoms with Crippen molar-refractivity contribution >= 4 is 9.84 Å². The number of benzene rings is 1. The van der Waals surface area contributed by atoms with E-state index in [1.54, 1.807) is 54.6 Å². The normalized spacial score (nSPS) is 16.3. The third-order valence-electron chi connectivity index (χ3n) is 2.14. The molecule has 0 fully saturated rings. The molecule has 0 saturated heterocycles. The van der Waals surface area contributed by atoms with Crippen LogP contribution < -0.4 is 0 Å². The van der Waals surface area contributed by atoms with Gasteiger partial charge in [0.25, 0.3) is 0 Å². The fourth-order valence-corrected chi connectivity index (χ4v) is 2.83. The third-order valence-corrected chi connectivity index (χ3v) is 4.10. The minimum atomic E-state index is -3.21. The van der Waals surface area contributed by atoms with Crippen molar-refractivity contribution in [3.8, 4) is 0 Å². The van der Waals surface area contributed by atoms with Gasteiger partial charge in [-0.3, -0.25) is 0 Å². The molecule has 1 aliphatic rings. The zero-order valence-corrected chi connectivity index (χ0v) is 8.31. The van der Waals surface area contributed by atoms with Crippen molar-refractivity contribution in [2.45, 2.75) is 10.1 Å². The van der Waals surface area contributed by atoms with Gasteiger partial charge in [-0.15, -0.1) is 0 Å². The molecule has 0 atom stereocenters. The van der Waals surface area contributed by atoms with E-state index in [4.69, 9.17) is 0 Å². The molecule has 0 spiro atoms. The fourth-order valence-electron chi connectivity index (χ4n) is 1.39. The number of rotatable bonds is 2. The molecule has 3 heteroatoms. The number of hydrogen-bond acceptors (Lipinski definition) is 2. The molecule has 0 aliphatic heterocycles. The first-order chi connectivity index (χ1) is 6.71.